The van der Waals surface area contributed by atoms with Crippen LogP contribution in [-0.4, -0.2) is 40.5 Å². The monoisotopic (exact) mass is 386 g/mol. The molecule has 0 aromatic heterocycles. The first-order valence-corrected chi connectivity index (χ1v) is 9.31. The number of hydrogen-bond acceptors (Lipinski definition) is 5. The van der Waals surface area contributed by atoms with Crippen LogP contribution in [0.2, 0.25) is 0 Å². The van der Waals surface area contributed by atoms with Gasteiger partial charge in [0, 0.05) is 7.05 Å². The maximum atomic E-state index is 12.8. The van der Waals surface area contributed by atoms with E-state index < -0.39 is 28.5 Å². The largest absolute Gasteiger partial charge is 0.452 e. The van der Waals surface area contributed by atoms with E-state index >= 15 is 0 Å². The zero-order valence-electron chi connectivity index (χ0n) is 14.6. The van der Waals surface area contributed by atoms with E-state index in [4.69, 9.17) is 11.2 Å². The topological polar surface area (TPSA) is 92.8 Å². The summed E-state index contributed by atoms with van der Waals surface area (Å²) in [6, 6.07) is 14.0. The number of nitrogens with one attached hydrogen (secondary N) is 1. The summed E-state index contributed by atoms with van der Waals surface area (Å²) in [7, 11) is -2.45. The zero-order chi connectivity index (χ0) is 19.9. The van der Waals surface area contributed by atoms with E-state index in [1.54, 1.807) is 30.3 Å². The fraction of sp³-hybridized carbons (Fsp3) is 0.158. The Hall–Kier alpha value is -3.31. The van der Waals surface area contributed by atoms with Crippen LogP contribution in [0.4, 0.5) is 5.69 Å². The standard InChI is InChI=1S/C19H18N2O5S/c1-3-12-20-18(22)14-26-19(23)15-8-7-11-17(13-15)27(24,25)21(2)16-9-5-4-6-10-16/h1,4-11,13H,12,14H2,2H3,(H,20,22). The van der Waals surface area contributed by atoms with Gasteiger partial charge in [-0.1, -0.05) is 30.2 Å². The molecule has 0 aliphatic heterocycles. The minimum atomic E-state index is -3.87. The molecule has 0 bridgehead atoms. The average Bonchev–Trinajstić information content (AvgIpc) is 2.70. The molecule has 0 radical (unpaired) electrons. The van der Waals surface area contributed by atoms with Crippen molar-refractivity contribution in [1.29, 1.82) is 0 Å². The fourth-order valence-electron chi connectivity index (χ4n) is 2.13. The summed E-state index contributed by atoms with van der Waals surface area (Å²) in [5.74, 6) is 0.860. The first-order valence-electron chi connectivity index (χ1n) is 7.87. The summed E-state index contributed by atoms with van der Waals surface area (Å²) in [6.07, 6.45) is 5.01. The van der Waals surface area contributed by atoms with Crippen LogP contribution in [-0.2, 0) is 19.6 Å². The normalized spacial score (nSPS) is 10.5. The Morgan fingerprint density at radius 2 is 1.85 bits per heavy atom. The molecule has 0 saturated heterocycles. The van der Waals surface area contributed by atoms with E-state index in [-0.39, 0.29) is 17.0 Å². The number of carbonyl (C=O) groups is 2. The number of benzene rings is 2. The number of ether oxygens (including phenoxy) is 1. The molecule has 8 heteroatoms. The van der Waals surface area contributed by atoms with Gasteiger partial charge in [0.1, 0.15) is 0 Å². The smallest absolute Gasteiger partial charge is 0.338 e. The van der Waals surface area contributed by atoms with Gasteiger partial charge in [0.15, 0.2) is 6.61 Å². The molecule has 27 heavy (non-hydrogen) atoms. The Morgan fingerprint density at radius 3 is 2.52 bits per heavy atom. The summed E-state index contributed by atoms with van der Waals surface area (Å²) in [4.78, 5) is 23.4. The van der Waals surface area contributed by atoms with Gasteiger partial charge < -0.3 is 10.1 Å². The van der Waals surface area contributed by atoms with Crippen LogP contribution in [0.5, 0.6) is 0 Å². The Kier molecular flexibility index (Phi) is 6.57. The van der Waals surface area contributed by atoms with Gasteiger partial charge >= 0.3 is 5.97 Å². The maximum absolute atomic E-state index is 12.8. The number of rotatable bonds is 7. The van der Waals surface area contributed by atoms with Crippen LogP contribution in [0, 0.1) is 12.3 Å². The first kappa shape index (κ1) is 20.0. The number of amides is 1. The van der Waals surface area contributed by atoms with Gasteiger partial charge in [-0.2, -0.15) is 0 Å². The molecule has 140 valence electrons. The lowest BCUT2D eigenvalue weighted by molar-refractivity contribution is -0.123. The van der Waals surface area contributed by atoms with Crippen LogP contribution >= 0.6 is 0 Å². The van der Waals surface area contributed by atoms with Crippen molar-refractivity contribution in [2.24, 2.45) is 0 Å². The second kappa shape index (κ2) is 8.87. The molecule has 2 aromatic carbocycles. The third-order valence-electron chi connectivity index (χ3n) is 3.57. The SMILES string of the molecule is C#CCNC(=O)COC(=O)c1cccc(S(=O)(=O)N(C)c2ccccc2)c1. The number of para-hydroxylation sites is 1. The van der Waals surface area contributed by atoms with Gasteiger partial charge in [-0.15, -0.1) is 6.42 Å². The lowest BCUT2D eigenvalue weighted by Crippen LogP contribution is -2.29. The fourth-order valence-corrected chi connectivity index (χ4v) is 3.38. The van der Waals surface area contributed by atoms with Gasteiger partial charge in [0.05, 0.1) is 22.7 Å². The number of carbonyl (C=O) groups excluding carboxylic acids is 2. The van der Waals surface area contributed by atoms with Crippen molar-refractivity contribution in [3.8, 4) is 12.3 Å². The molecule has 0 fully saturated rings. The minimum Gasteiger partial charge on any atom is -0.452 e. The van der Waals surface area contributed by atoms with Crippen molar-refractivity contribution in [3.05, 3.63) is 60.2 Å². The minimum absolute atomic E-state index is 0.0160. The molecule has 0 atom stereocenters. The van der Waals surface area contributed by atoms with Crippen LogP contribution in [0.15, 0.2) is 59.5 Å². The first-order chi connectivity index (χ1) is 12.9. The highest BCUT2D eigenvalue weighted by atomic mass is 32.2. The maximum Gasteiger partial charge on any atom is 0.338 e. The number of terminal acetylenes is 1. The Labute approximate surface area is 158 Å². The third kappa shape index (κ3) is 5.09. The highest BCUT2D eigenvalue weighted by molar-refractivity contribution is 7.92. The number of esters is 1. The average molecular weight is 386 g/mol. The van der Waals surface area contributed by atoms with Crippen LogP contribution in [0.3, 0.4) is 0 Å². The lowest BCUT2D eigenvalue weighted by Gasteiger charge is -2.19. The lowest BCUT2D eigenvalue weighted by atomic mass is 10.2. The molecule has 0 aliphatic rings. The van der Waals surface area contributed by atoms with Crippen molar-refractivity contribution in [1.82, 2.24) is 5.32 Å². The van der Waals surface area contributed by atoms with E-state index in [0.717, 1.165) is 4.31 Å². The van der Waals surface area contributed by atoms with Gasteiger partial charge in [-0.05, 0) is 30.3 Å². The van der Waals surface area contributed by atoms with E-state index in [1.165, 1.54) is 31.3 Å². The Balaban J connectivity index is 2.15. The molecule has 2 rings (SSSR count). The van der Waals surface area contributed by atoms with E-state index in [9.17, 15) is 18.0 Å². The predicted molar refractivity (Wildman–Crippen MR) is 101 cm³/mol. The molecule has 0 aliphatic carbocycles. The third-order valence-corrected chi connectivity index (χ3v) is 5.35. The van der Waals surface area contributed by atoms with Crippen molar-refractivity contribution in [2.45, 2.75) is 4.90 Å². The van der Waals surface area contributed by atoms with Crippen molar-refractivity contribution in [2.75, 3.05) is 24.5 Å². The molecular formula is C19H18N2O5S. The highest BCUT2D eigenvalue weighted by Crippen LogP contribution is 2.22. The van der Waals surface area contributed by atoms with Gasteiger partial charge in [-0.25, -0.2) is 13.2 Å². The van der Waals surface area contributed by atoms with Crippen molar-refractivity contribution >= 4 is 27.6 Å². The number of hydrogen-bond donors (Lipinski definition) is 1. The van der Waals surface area contributed by atoms with Gasteiger partial charge in [0.2, 0.25) is 0 Å². The molecular weight excluding hydrogens is 368 g/mol. The van der Waals surface area contributed by atoms with E-state index in [2.05, 4.69) is 11.2 Å². The molecule has 0 spiro atoms. The van der Waals surface area contributed by atoms with E-state index in [1.807, 2.05) is 0 Å². The molecule has 2 aromatic rings. The highest BCUT2D eigenvalue weighted by Gasteiger charge is 2.22. The molecule has 0 saturated carbocycles. The molecule has 1 amide bonds. The summed E-state index contributed by atoms with van der Waals surface area (Å²) in [6.45, 7) is -0.489. The molecule has 1 N–H and O–H groups in total. The second-order valence-corrected chi connectivity index (χ2v) is 7.36. The van der Waals surface area contributed by atoms with Gasteiger partial charge in [0.25, 0.3) is 15.9 Å². The second-order valence-electron chi connectivity index (χ2n) is 5.39. The van der Waals surface area contributed by atoms with Crippen molar-refractivity contribution in [3.63, 3.8) is 0 Å². The quantitative estimate of drug-likeness (QED) is 0.574. The Bertz CT molecular complexity index is 965. The molecule has 0 unspecified atom stereocenters. The number of nitrogens with zero attached hydrogens (tertiary/aromatic N) is 1. The van der Waals surface area contributed by atoms with Gasteiger partial charge in [-0.3, -0.25) is 9.10 Å². The Morgan fingerprint density at radius 1 is 1.15 bits per heavy atom. The summed E-state index contributed by atoms with van der Waals surface area (Å²) >= 11 is 0. The number of sulfonamides is 1. The summed E-state index contributed by atoms with van der Waals surface area (Å²) in [5, 5.41) is 2.35. The van der Waals surface area contributed by atoms with Crippen molar-refractivity contribution < 1.29 is 22.7 Å². The van der Waals surface area contributed by atoms with Crippen LogP contribution < -0.4 is 9.62 Å². The summed E-state index contributed by atoms with van der Waals surface area (Å²) < 4.78 is 31.6. The van der Waals surface area contributed by atoms with E-state index in [0.29, 0.717) is 5.69 Å². The molecule has 0 heterocycles. The van der Waals surface area contributed by atoms with Crippen LogP contribution in [0.25, 0.3) is 0 Å². The zero-order valence-corrected chi connectivity index (χ0v) is 15.4. The number of anilines is 1. The molecule has 7 nitrogen and oxygen atoms in total. The summed E-state index contributed by atoms with van der Waals surface area (Å²) in [5.41, 5.74) is 0.498. The predicted octanol–water partition coefficient (Wildman–Crippen LogP) is 1.42. The van der Waals surface area contributed by atoms with Crippen LogP contribution in [0.1, 0.15) is 10.4 Å².